The third-order valence-corrected chi connectivity index (χ3v) is 3.26. The number of anilines is 1. The molecule has 1 aromatic heterocycles. The smallest absolute Gasteiger partial charge is 0.219 e. The van der Waals surface area contributed by atoms with Crippen LogP contribution in [0.25, 0.3) is 5.76 Å². The molecule has 0 bridgehead atoms. The fraction of sp³-hybridized carbons (Fsp3) is 0.231. The van der Waals surface area contributed by atoms with Crippen LogP contribution in [0.2, 0.25) is 5.02 Å². The fourth-order valence-corrected chi connectivity index (χ4v) is 2.13. The van der Waals surface area contributed by atoms with E-state index in [4.69, 9.17) is 16.3 Å². The van der Waals surface area contributed by atoms with Crippen molar-refractivity contribution in [3.8, 4) is 0 Å². The van der Waals surface area contributed by atoms with Crippen LogP contribution in [0.15, 0.2) is 24.3 Å². The third kappa shape index (κ3) is 2.60. The predicted octanol–water partition coefficient (Wildman–Crippen LogP) is 2.97. The number of ether oxygens (including phenoxy) is 1. The van der Waals surface area contributed by atoms with Gasteiger partial charge in [-0.05, 0) is 18.2 Å². The van der Waals surface area contributed by atoms with Crippen molar-refractivity contribution in [1.82, 2.24) is 15.2 Å². The standard InChI is InChI=1S/C13H12ClFN4O/c14-9-3-1-4-10(15)8(9)7-16-13-17-12(18-19-13)11-5-2-6-20-11/h1,3-5H,2,6-7H2,(H2,16,17,18,19). The molecule has 20 heavy (non-hydrogen) atoms. The first-order valence-electron chi connectivity index (χ1n) is 6.16. The molecule has 0 aliphatic carbocycles. The van der Waals surface area contributed by atoms with Crippen LogP contribution in [-0.2, 0) is 11.3 Å². The van der Waals surface area contributed by atoms with Crippen LogP contribution in [0.5, 0.6) is 0 Å². The number of aromatic nitrogens is 3. The van der Waals surface area contributed by atoms with Gasteiger partial charge in [-0.15, -0.1) is 5.10 Å². The SMILES string of the molecule is Fc1cccc(Cl)c1CNc1nc(C2=CCCO2)n[nH]1. The van der Waals surface area contributed by atoms with Crippen LogP contribution >= 0.6 is 11.6 Å². The van der Waals surface area contributed by atoms with E-state index in [1.807, 2.05) is 6.08 Å². The second-order valence-corrected chi connectivity index (χ2v) is 4.67. The first-order chi connectivity index (χ1) is 9.74. The molecule has 104 valence electrons. The summed E-state index contributed by atoms with van der Waals surface area (Å²) in [5.74, 6) is 1.24. The molecule has 0 saturated heterocycles. The molecule has 5 nitrogen and oxygen atoms in total. The Hall–Kier alpha value is -2.08. The molecule has 0 spiro atoms. The number of benzene rings is 1. The average Bonchev–Trinajstić information content (AvgIpc) is 3.09. The topological polar surface area (TPSA) is 62.8 Å². The molecule has 0 fully saturated rings. The maximum Gasteiger partial charge on any atom is 0.219 e. The van der Waals surface area contributed by atoms with Gasteiger partial charge in [0.05, 0.1) is 6.61 Å². The van der Waals surface area contributed by atoms with E-state index in [2.05, 4.69) is 20.5 Å². The van der Waals surface area contributed by atoms with Crippen LogP contribution < -0.4 is 5.32 Å². The number of nitrogens with one attached hydrogen (secondary N) is 2. The van der Waals surface area contributed by atoms with Gasteiger partial charge in [-0.3, -0.25) is 0 Å². The molecule has 2 heterocycles. The van der Waals surface area contributed by atoms with E-state index in [0.717, 1.165) is 6.42 Å². The number of nitrogens with zero attached hydrogens (tertiary/aromatic N) is 2. The van der Waals surface area contributed by atoms with Gasteiger partial charge in [-0.1, -0.05) is 17.7 Å². The minimum Gasteiger partial charge on any atom is -0.490 e. The molecule has 7 heteroatoms. The molecule has 2 aromatic rings. The van der Waals surface area contributed by atoms with Crippen molar-refractivity contribution in [1.29, 1.82) is 0 Å². The summed E-state index contributed by atoms with van der Waals surface area (Å²) in [6, 6.07) is 4.58. The third-order valence-electron chi connectivity index (χ3n) is 2.91. The maximum absolute atomic E-state index is 13.6. The molecule has 1 aromatic carbocycles. The number of halogens is 2. The van der Waals surface area contributed by atoms with Crippen molar-refractivity contribution in [3.05, 3.63) is 46.5 Å². The number of H-pyrrole nitrogens is 1. The molecule has 1 aliphatic rings. The summed E-state index contributed by atoms with van der Waals surface area (Å²) < 4.78 is 19.0. The highest BCUT2D eigenvalue weighted by molar-refractivity contribution is 6.31. The van der Waals surface area contributed by atoms with E-state index >= 15 is 0 Å². The number of aromatic amines is 1. The van der Waals surface area contributed by atoms with Gasteiger partial charge in [-0.2, -0.15) is 4.98 Å². The van der Waals surface area contributed by atoms with Crippen LogP contribution in [0.3, 0.4) is 0 Å². The Morgan fingerprint density at radius 2 is 2.35 bits per heavy atom. The first kappa shape index (κ1) is 12.9. The molecular weight excluding hydrogens is 283 g/mol. The summed E-state index contributed by atoms with van der Waals surface area (Å²) in [5.41, 5.74) is 0.392. The predicted molar refractivity (Wildman–Crippen MR) is 73.7 cm³/mol. The first-order valence-corrected chi connectivity index (χ1v) is 6.54. The molecule has 3 rings (SSSR count). The summed E-state index contributed by atoms with van der Waals surface area (Å²) in [6.45, 7) is 0.873. The monoisotopic (exact) mass is 294 g/mol. The van der Waals surface area contributed by atoms with E-state index in [-0.39, 0.29) is 12.4 Å². The highest BCUT2D eigenvalue weighted by Gasteiger charge is 2.14. The van der Waals surface area contributed by atoms with Gasteiger partial charge in [0, 0.05) is 23.6 Å². The number of hydrogen-bond acceptors (Lipinski definition) is 4. The lowest BCUT2D eigenvalue weighted by Crippen LogP contribution is -2.04. The maximum atomic E-state index is 13.6. The van der Waals surface area contributed by atoms with E-state index < -0.39 is 0 Å². The van der Waals surface area contributed by atoms with Crippen molar-refractivity contribution in [2.45, 2.75) is 13.0 Å². The Morgan fingerprint density at radius 3 is 3.10 bits per heavy atom. The van der Waals surface area contributed by atoms with Gasteiger partial charge in [0.25, 0.3) is 0 Å². The number of rotatable bonds is 4. The second-order valence-electron chi connectivity index (χ2n) is 4.27. The second kappa shape index (κ2) is 5.50. The molecule has 2 N–H and O–H groups in total. The highest BCUT2D eigenvalue weighted by atomic mass is 35.5. The van der Waals surface area contributed by atoms with Gasteiger partial charge < -0.3 is 10.1 Å². The minimum atomic E-state index is -0.355. The van der Waals surface area contributed by atoms with Crippen LogP contribution in [0, 0.1) is 5.82 Å². The summed E-state index contributed by atoms with van der Waals surface area (Å²) in [5, 5.41) is 10.1. The van der Waals surface area contributed by atoms with E-state index in [1.165, 1.54) is 6.07 Å². The lowest BCUT2D eigenvalue weighted by atomic mass is 10.2. The summed E-state index contributed by atoms with van der Waals surface area (Å²) in [6.07, 6.45) is 2.79. The van der Waals surface area contributed by atoms with Crippen molar-refractivity contribution in [3.63, 3.8) is 0 Å². The van der Waals surface area contributed by atoms with Gasteiger partial charge in [-0.25, -0.2) is 9.49 Å². The Labute approximate surface area is 119 Å². The molecule has 0 atom stereocenters. The van der Waals surface area contributed by atoms with Crippen LogP contribution in [-0.4, -0.2) is 21.8 Å². The molecular formula is C13H12ClFN4O. The van der Waals surface area contributed by atoms with Crippen molar-refractivity contribution >= 4 is 23.3 Å². The molecule has 0 amide bonds. The summed E-state index contributed by atoms with van der Waals surface area (Å²) in [4.78, 5) is 4.23. The highest BCUT2D eigenvalue weighted by Crippen LogP contribution is 2.21. The van der Waals surface area contributed by atoms with Crippen LogP contribution in [0.1, 0.15) is 17.8 Å². The van der Waals surface area contributed by atoms with Gasteiger partial charge in [0.2, 0.25) is 11.8 Å². The van der Waals surface area contributed by atoms with E-state index in [0.29, 0.717) is 34.7 Å². The molecule has 0 saturated carbocycles. The lowest BCUT2D eigenvalue weighted by molar-refractivity contribution is 0.305. The summed E-state index contributed by atoms with van der Waals surface area (Å²) in [7, 11) is 0. The lowest BCUT2D eigenvalue weighted by Gasteiger charge is -2.06. The average molecular weight is 295 g/mol. The quantitative estimate of drug-likeness (QED) is 0.910. The van der Waals surface area contributed by atoms with Crippen molar-refractivity contribution in [2.75, 3.05) is 11.9 Å². The summed E-state index contributed by atoms with van der Waals surface area (Å²) >= 11 is 5.95. The largest absolute Gasteiger partial charge is 0.490 e. The molecule has 0 unspecified atom stereocenters. The van der Waals surface area contributed by atoms with Gasteiger partial charge in [0.15, 0.2) is 5.76 Å². The fourth-order valence-electron chi connectivity index (χ4n) is 1.90. The Balaban J connectivity index is 1.70. The zero-order valence-electron chi connectivity index (χ0n) is 10.5. The molecule has 1 aliphatic heterocycles. The van der Waals surface area contributed by atoms with Crippen molar-refractivity contribution in [2.24, 2.45) is 0 Å². The van der Waals surface area contributed by atoms with Crippen molar-refractivity contribution < 1.29 is 9.13 Å². The zero-order valence-corrected chi connectivity index (χ0v) is 11.2. The van der Waals surface area contributed by atoms with Crippen LogP contribution in [0.4, 0.5) is 10.3 Å². The van der Waals surface area contributed by atoms with E-state index in [9.17, 15) is 4.39 Å². The Kier molecular flexibility index (Phi) is 3.56. The Morgan fingerprint density at radius 1 is 1.45 bits per heavy atom. The zero-order chi connectivity index (χ0) is 13.9. The van der Waals surface area contributed by atoms with Gasteiger partial charge >= 0.3 is 0 Å². The normalized spacial score (nSPS) is 14.0. The number of hydrogen-bond donors (Lipinski definition) is 2. The van der Waals surface area contributed by atoms with Gasteiger partial charge in [0.1, 0.15) is 5.82 Å². The Bertz CT molecular complexity index is 635. The van der Waals surface area contributed by atoms with E-state index in [1.54, 1.807) is 12.1 Å². The minimum absolute atomic E-state index is 0.222. The molecule has 0 radical (unpaired) electrons.